The Morgan fingerprint density at radius 3 is 2.50 bits per heavy atom. The number of aliphatic hydroxyl groups is 1. The smallest absolute Gasteiger partial charge is 0.0818 e. The summed E-state index contributed by atoms with van der Waals surface area (Å²) in [5.41, 5.74) is 2.28. The van der Waals surface area contributed by atoms with Crippen LogP contribution in [0.4, 0.5) is 0 Å². The number of aliphatic hydroxyl groups excluding tert-OH is 1. The van der Waals surface area contributed by atoms with Crippen molar-refractivity contribution < 1.29 is 5.11 Å². The first-order valence-corrected chi connectivity index (χ1v) is 7.85. The van der Waals surface area contributed by atoms with E-state index < -0.39 is 0 Å². The van der Waals surface area contributed by atoms with E-state index in [1.54, 1.807) is 0 Å². The summed E-state index contributed by atoms with van der Waals surface area (Å²) in [6.07, 6.45) is 5.93. The van der Waals surface area contributed by atoms with Gasteiger partial charge in [-0.15, -0.1) is 0 Å². The van der Waals surface area contributed by atoms with Gasteiger partial charge in [-0.05, 0) is 48.8 Å². The zero-order chi connectivity index (χ0) is 13.1. The van der Waals surface area contributed by atoms with Crippen molar-refractivity contribution in [1.82, 2.24) is 0 Å². The van der Waals surface area contributed by atoms with Crippen molar-refractivity contribution in [3.05, 3.63) is 33.8 Å². The maximum Gasteiger partial charge on any atom is 0.0818 e. The first kappa shape index (κ1) is 14.1. The summed E-state index contributed by atoms with van der Waals surface area (Å²) in [7, 11) is 0. The molecule has 1 aromatic rings. The second kappa shape index (κ2) is 6.21. The number of hydrogen-bond acceptors (Lipinski definition) is 1. The van der Waals surface area contributed by atoms with Crippen LogP contribution in [0.5, 0.6) is 0 Å². The number of benzene rings is 1. The lowest BCUT2D eigenvalue weighted by atomic mass is 9.77. The van der Waals surface area contributed by atoms with E-state index in [1.807, 2.05) is 12.1 Å². The minimum atomic E-state index is -0.283. The normalized spacial score (nSPS) is 26.0. The summed E-state index contributed by atoms with van der Waals surface area (Å²) in [6.45, 7) is 4.35. The molecule has 2 rings (SSSR count). The van der Waals surface area contributed by atoms with Crippen LogP contribution >= 0.6 is 15.9 Å². The summed E-state index contributed by atoms with van der Waals surface area (Å²) in [5.74, 6) is 1.34. The van der Waals surface area contributed by atoms with Crippen LogP contribution in [0, 0.1) is 18.8 Å². The molecule has 2 heteroatoms. The highest BCUT2D eigenvalue weighted by Crippen LogP contribution is 2.38. The van der Waals surface area contributed by atoms with Gasteiger partial charge >= 0.3 is 0 Å². The summed E-state index contributed by atoms with van der Waals surface area (Å²) >= 11 is 3.51. The minimum Gasteiger partial charge on any atom is -0.388 e. The van der Waals surface area contributed by atoms with E-state index >= 15 is 0 Å². The van der Waals surface area contributed by atoms with Crippen LogP contribution in [0.2, 0.25) is 0 Å². The van der Waals surface area contributed by atoms with E-state index in [2.05, 4.69) is 35.8 Å². The fraction of sp³-hybridized carbons (Fsp3) is 0.625. The van der Waals surface area contributed by atoms with E-state index in [-0.39, 0.29) is 6.10 Å². The van der Waals surface area contributed by atoms with Gasteiger partial charge in [0, 0.05) is 4.47 Å². The molecule has 18 heavy (non-hydrogen) atoms. The van der Waals surface area contributed by atoms with Gasteiger partial charge in [0.1, 0.15) is 0 Å². The van der Waals surface area contributed by atoms with E-state index in [0.717, 1.165) is 16.0 Å². The Labute approximate surface area is 119 Å². The maximum atomic E-state index is 10.5. The predicted molar refractivity (Wildman–Crippen MR) is 79.6 cm³/mol. The van der Waals surface area contributed by atoms with E-state index in [9.17, 15) is 5.11 Å². The first-order chi connectivity index (χ1) is 8.61. The molecule has 1 nitrogen and oxygen atoms in total. The van der Waals surface area contributed by atoms with Crippen molar-refractivity contribution in [2.45, 2.75) is 52.1 Å². The summed E-state index contributed by atoms with van der Waals surface area (Å²) in [6, 6.07) is 6.21. The molecule has 1 atom stereocenters. The van der Waals surface area contributed by atoms with Crippen LogP contribution in [0.15, 0.2) is 22.7 Å². The van der Waals surface area contributed by atoms with Crippen molar-refractivity contribution in [2.24, 2.45) is 11.8 Å². The molecule has 0 saturated heterocycles. The quantitative estimate of drug-likeness (QED) is 0.832. The monoisotopic (exact) mass is 310 g/mol. The first-order valence-electron chi connectivity index (χ1n) is 7.06. The molecule has 1 fully saturated rings. The highest BCUT2D eigenvalue weighted by Gasteiger charge is 2.26. The van der Waals surface area contributed by atoms with Gasteiger partial charge < -0.3 is 5.11 Å². The SMILES string of the molecule is CCC1CCC(C(O)c2ccc(Br)c(C)c2)CC1. The van der Waals surface area contributed by atoms with Crippen molar-refractivity contribution in [2.75, 3.05) is 0 Å². The van der Waals surface area contributed by atoms with Crippen LogP contribution in [-0.4, -0.2) is 5.11 Å². The Hall–Kier alpha value is -0.340. The highest BCUT2D eigenvalue weighted by atomic mass is 79.9. The molecular weight excluding hydrogens is 288 g/mol. The third-order valence-electron chi connectivity index (χ3n) is 4.44. The molecular formula is C16H23BrO. The average Bonchev–Trinajstić information content (AvgIpc) is 2.41. The average molecular weight is 311 g/mol. The zero-order valence-corrected chi connectivity index (χ0v) is 12.9. The van der Waals surface area contributed by atoms with Crippen LogP contribution < -0.4 is 0 Å². The van der Waals surface area contributed by atoms with E-state index in [1.165, 1.54) is 37.7 Å². The Balaban J connectivity index is 2.03. The molecule has 0 radical (unpaired) electrons. The molecule has 1 aliphatic rings. The Morgan fingerprint density at radius 2 is 1.94 bits per heavy atom. The molecule has 1 saturated carbocycles. The molecule has 100 valence electrons. The molecule has 0 amide bonds. The summed E-state index contributed by atoms with van der Waals surface area (Å²) in [4.78, 5) is 0. The van der Waals surface area contributed by atoms with Crippen LogP contribution in [0.1, 0.15) is 56.3 Å². The zero-order valence-electron chi connectivity index (χ0n) is 11.3. The van der Waals surface area contributed by atoms with Gasteiger partial charge in [-0.25, -0.2) is 0 Å². The van der Waals surface area contributed by atoms with Crippen molar-refractivity contribution in [3.8, 4) is 0 Å². The van der Waals surface area contributed by atoms with Crippen LogP contribution in [0.25, 0.3) is 0 Å². The second-order valence-corrected chi connectivity index (χ2v) is 6.50. The fourth-order valence-electron chi connectivity index (χ4n) is 3.04. The number of halogens is 1. The highest BCUT2D eigenvalue weighted by molar-refractivity contribution is 9.10. The Bertz CT molecular complexity index is 394. The molecule has 1 aromatic carbocycles. The molecule has 0 bridgehead atoms. The molecule has 0 aliphatic heterocycles. The van der Waals surface area contributed by atoms with Crippen molar-refractivity contribution in [1.29, 1.82) is 0 Å². The molecule has 1 aliphatic carbocycles. The Morgan fingerprint density at radius 1 is 1.28 bits per heavy atom. The minimum absolute atomic E-state index is 0.283. The summed E-state index contributed by atoms with van der Waals surface area (Å²) < 4.78 is 1.12. The molecule has 1 N–H and O–H groups in total. The maximum absolute atomic E-state index is 10.5. The van der Waals surface area contributed by atoms with Gasteiger partial charge in [-0.1, -0.05) is 54.2 Å². The molecule has 0 heterocycles. The topological polar surface area (TPSA) is 20.2 Å². The van der Waals surface area contributed by atoms with Gasteiger partial charge in [0.2, 0.25) is 0 Å². The second-order valence-electron chi connectivity index (χ2n) is 5.64. The lowest BCUT2D eigenvalue weighted by Gasteiger charge is -2.31. The van der Waals surface area contributed by atoms with Crippen molar-refractivity contribution >= 4 is 15.9 Å². The fourth-order valence-corrected chi connectivity index (χ4v) is 3.28. The predicted octanol–water partition coefficient (Wildman–Crippen LogP) is 5.01. The lowest BCUT2D eigenvalue weighted by Crippen LogP contribution is -2.20. The number of aryl methyl sites for hydroxylation is 1. The molecule has 0 aromatic heterocycles. The van der Waals surface area contributed by atoms with Gasteiger partial charge in [0.15, 0.2) is 0 Å². The van der Waals surface area contributed by atoms with E-state index in [4.69, 9.17) is 0 Å². The largest absolute Gasteiger partial charge is 0.388 e. The van der Waals surface area contributed by atoms with Gasteiger partial charge in [-0.3, -0.25) is 0 Å². The van der Waals surface area contributed by atoms with Crippen molar-refractivity contribution in [3.63, 3.8) is 0 Å². The van der Waals surface area contributed by atoms with Gasteiger partial charge in [0.25, 0.3) is 0 Å². The van der Waals surface area contributed by atoms with E-state index in [0.29, 0.717) is 5.92 Å². The number of rotatable bonds is 3. The van der Waals surface area contributed by atoms with Crippen LogP contribution in [0.3, 0.4) is 0 Å². The molecule has 1 unspecified atom stereocenters. The Kier molecular flexibility index (Phi) is 4.85. The lowest BCUT2D eigenvalue weighted by molar-refractivity contribution is 0.0729. The van der Waals surface area contributed by atoms with Crippen LogP contribution in [-0.2, 0) is 0 Å². The van der Waals surface area contributed by atoms with Gasteiger partial charge in [-0.2, -0.15) is 0 Å². The third kappa shape index (κ3) is 3.16. The summed E-state index contributed by atoms with van der Waals surface area (Å²) in [5, 5.41) is 10.5. The standard InChI is InChI=1S/C16H23BrO/c1-3-12-4-6-13(7-5-12)16(18)14-8-9-15(17)11(2)10-14/h8-10,12-13,16,18H,3-7H2,1-2H3. The van der Waals surface area contributed by atoms with Gasteiger partial charge in [0.05, 0.1) is 6.10 Å². The molecule has 0 spiro atoms. The number of hydrogen-bond donors (Lipinski definition) is 1. The third-order valence-corrected chi connectivity index (χ3v) is 5.33.